The molecule has 2 aromatic heterocycles. The van der Waals surface area contributed by atoms with Crippen LogP contribution in [0.1, 0.15) is 29.8 Å². The largest absolute Gasteiger partial charge is 0.467 e. The van der Waals surface area contributed by atoms with E-state index in [4.69, 9.17) is 4.74 Å². The highest BCUT2D eigenvalue weighted by atomic mass is 19.4. The molecule has 1 aromatic carbocycles. The van der Waals surface area contributed by atoms with Gasteiger partial charge in [-0.2, -0.15) is 13.2 Å². The molecule has 3 aromatic rings. The monoisotopic (exact) mass is 447 g/mol. The van der Waals surface area contributed by atoms with Crippen molar-refractivity contribution in [2.24, 2.45) is 0 Å². The first kappa shape index (κ1) is 23.0. The molecule has 0 saturated heterocycles. The number of hydrogen-bond donors (Lipinski definition) is 2. The highest BCUT2D eigenvalue weighted by Gasteiger charge is 2.29. The Hall–Kier alpha value is -3.66. The lowest BCUT2D eigenvalue weighted by Crippen LogP contribution is -2.28. The van der Waals surface area contributed by atoms with Crippen LogP contribution in [0.3, 0.4) is 0 Å². The minimum absolute atomic E-state index is 0.0362. The number of nitrogens with zero attached hydrogens (tertiary/aromatic N) is 2. The highest BCUT2D eigenvalue weighted by molar-refractivity contribution is 6.04. The summed E-state index contributed by atoms with van der Waals surface area (Å²) >= 11 is 0. The lowest BCUT2D eigenvalue weighted by atomic mass is 9.98. The Morgan fingerprint density at radius 2 is 1.81 bits per heavy atom. The first-order valence-corrected chi connectivity index (χ1v) is 9.46. The molecule has 2 heterocycles. The van der Waals surface area contributed by atoms with E-state index >= 15 is 0 Å². The number of ether oxygens (including phenoxy) is 1. The van der Waals surface area contributed by atoms with Crippen LogP contribution in [0.15, 0.2) is 65.7 Å². The zero-order valence-corrected chi connectivity index (χ0v) is 17.2. The number of carbonyl (C=O) groups excluding carboxylic acids is 1. The molecule has 168 valence electrons. The summed E-state index contributed by atoms with van der Waals surface area (Å²) < 4.78 is 43.3. The molecule has 7 nitrogen and oxygen atoms in total. The van der Waals surface area contributed by atoms with Gasteiger partial charge in [0.1, 0.15) is 11.3 Å². The quantitative estimate of drug-likeness (QED) is 0.602. The van der Waals surface area contributed by atoms with E-state index in [0.29, 0.717) is 11.3 Å². The third kappa shape index (κ3) is 5.52. The molecule has 2 N–H and O–H groups in total. The molecular weight excluding hydrogens is 427 g/mol. The summed E-state index contributed by atoms with van der Waals surface area (Å²) in [5, 5.41) is 12.6. The van der Waals surface area contributed by atoms with Gasteiger partial charge in [0.15, 0.2) is 6.61 Å². The maximum absolute atomic E-state index is 12.9. The van der Waals surface area contributed by atoms with Crippen molar-refractivity contribution in [1.82, 2.24) is 9.55 Å². The Kier molecular flexibility index (Phi) is 6.35. The minimum atomic E-state index is -4.58. The van der Waals surface area contributed by atoms with Gasteiger partial charge in [0.05, 0.1) is 5.60 Å². The maximum Gasteiger partial charge on any atom is 0.422 e. The number of rotatable bonds is 6. The van der Waals surface area contributed by atoms with Crippen LogP contribution in [0.2, 0.25) is 0 Å². The third-order valence-corrected chi connectivity index (χ3v) is 4.42. The number of carbonyl (C=O) groups is 1. The van der Waals surface area contributed by atoms with E-state index in [1.807, 2.05) is 0 Å². The number of pyridine rings is 2. The van der Waals surface area contributed by atoms with Crippen molar-refractivity contribution in [3.63, 3.8) is 0 Å². The van der Waals surface area contributed by atoms with Crippen molar-refractivity contribution in [1.29, 1.82) is 0 Å². The van der Waals surface area contributed by atoms with E-state index in [9.17, 15) is 27.9 Å². The zero-order valence-electron chi connectivity index (χ0n) is 17.2. The van der Waals surface area contributed by atoms with E-state index in [2.05, 4.69) is 10.3 Å². The fourth-order valence-electron chi connectivity index (χ4n) is 2.84. The average Bonchev–Trinajstić information content (AvgIpc) is 2.72. The van der Waals surface area contributed by atoms with E-state index in [0.717, 1.165) is 4.57 Å². The first-order valence-electron chi connectivity index (χ1n) is 9.46. The van der Waals surface area contributed by atoms with Crippen LogP contribution in [0.25, 0.3) is 5.69 Å². The number of halogens is 3. The van der Waals surface area contributed by atoms with Crippen molar-refractivity contribution in [3.8, 4) is 11.6 Å². The Morgan fingerprint density at radius 1 is 1.12 bits per heavy atom. The Labute approximate surface area is 181 Å². The van der Waals surface area contributed by atoms with E-state index in [1.54, 1.807) is 38.1 Å². The summed E-state index contributed by atoms with van der Waals surface area (Å²) in [5.74, 6) is -1.10. The molecule has 0 saturated carbocycles. The van der Waals surface area contributed by atoms with Gasteiger partial charge >= 0.3 is 6.18 Å². The lowest BCUT2D eigenvalue weighted by molar-refractivity contribution is -0.154. The van der Waals surface area contributed by atoms with Crippen LogP contribution in [0.5, 0.6) is 5.88 Å². The molecular formula is C22H20F3N3O4. The molecule has 0 bridgehead atoms. The van der Waals surface area contributed by atoms with Gasteiger partial charge in [-0.05, 0) is 55.8 Å². The van der Waals surface area contributed by atoms with Gasteiger partial charge in [-0.15, -0.1) is 0 Å². The SMILES string of the molecule is CC(C)(O)c1ccc(NC(=O)c2cccn(-c3cccnc3OCC(F)(F)F)c2=O)cc1. The molecule has 10 heteroatoms. The molecule has 0 aliphatic heterocycles. The summed E-state index contributed by atoms with van der Waals surface area (Å²) in [6.45, 7) is 1.67. The number of nitrogens with one attached hydrogen (secondary N) is 1. The zero-order chi connectivity index (χ0) is 23.5. The Bertz CT molecular complexity index is 1170. The molecule has 32 heavy (non-hydrogen) atoms. The van der Waals surface area contributed by atoms with Crippen LogP contribution < -0.4 is 15.6 Å². The van der Waals surface area contributed by atoms with Crippen LogP contribution in [-0.2, 0) is 5.60 Å². The maximum atomic E-state index is 12.9. The summed E-state index contributed by atoms with van der Waals surface area (Å²) in [6, 6.07) is 11.9. The Morgan fingerprint density at radius 3 is 2.44 bits per heavy atom. The minimum Gasteiger partial charge on any atom is -0.467 e. The molecule has 0 unspecified atom stereocenters. The van der Waals surface area contributed by atoms with Crippen molar-refractivity contribution < 1.29 is 27.8 Å². The number of benzene rings is 1. The molecule has 3 rings (SSSR count). The van der Waals surface area contributed by atoms with Gasteiger partial charge in [0.2, 0.25) is 5.88 Å². The van der Waals surface area contributed by atoms with Crippen molar-refractivity contribution in [2.75, 3.05) is 11.9 Å². The number of anilines is 1. The second-order valence-corrected chi connectivity index (χ2v) is 7.42. The predicted molar refractivity (Wildman–Crippen MR) is 111 cm³/mol. The van der Waals surface area contributed by atoms with Gasteiger partial charge in [-0.3, -0.25) is 14.2 Å². The summed E-state index contributed by atoms with van der Waals surface area (Å²) in [7, 11) is 0. The van der Waals surface area contributed by atoms with Crippen LogP contribution in [-0.4, -0.2) is 33.3 Å². The average molecular weight is 447 g/mol. The number of hydrogen-bond acceptors (Lipinski definition) is 5. The number of aliphatic hydroxyl groups is 1. The molecule has 0 aliphatic carbocycles. The number of amides is 1. The normalized spacial score (nSPS) is 11.8. The highest BCUT2D eigenvalue weighted by Crippen LogP contribution is 2.23. The van der Waals surface area contributed by atoms with E-state index in [1.165, 1.54) is 36.7 Å². The van der Waals surface area contributed by atoms with Gasteiger partial charge < -0.3 is 15.2 Å². The van der Waals surface area contributed by atoms with Gasteiger partial charge in [-0.25, -0.2) is 4.98 Å². The van der Waals surface area contributed by atoms with Crippen molar-refractivity contribution in [2.45, 2.75) is 25.6 Å². The van der Waals surface area contributed by atoms with Crippen LogP contribution in [0.4, 0.5) is 18.9 Å². The topological polar surface area (TPSA) is 93.5 Å². The van der Waals surface area contributed by atoms with E-state index < -0.39 is 35.7 Å². The summed E-state index contributed by atoms with van der Waals surface area (Å²) in [5.41, 5.74) is -1.04. The smallest absolute Gasteiger partial charge is 0.422 e. The standard InChI is InChI=1S/C22H20F3N3O4/c1-21(2,31)14-7-9-15(10-8-14)27-18(29)16-5-4-12-28(20(16)30)17-6-3-11-26-19(17)32-13-22(23,24)25/h3-12,31H,13H2,1-2H3,(H,27,29). The van der Waals surface area contributed by atoms with Crippen molar-refractivity contribution >= 4 is 11.6 Å². The second kappa shape index (κ2) is 8.83. The first-order chi connectivity index (χ1) is 15.0. The fourth-order valence-corrected chi connectivity index (χ4v) is 2.84. The molecule has 0 atom stereocenters. The Balaban J connectivity index is 1.88. The van der Waals surface area contributed by atoms with Crippen LogP contribution in [0, 0.1) is 0 Å². The van der Waals surface area contributed by atoms with E-state index in [-0.39, 0.29) is 11.3 Å². The summed E-state index contributed by atoms with van der Waals surface area (Å²) in [6.07, 6.45) is -2.05. The lowest BCUT2D eigenvalue weighted by Gasteiger charge is -2.18. The molecule has 0 spiro atoms. The van der Waals surface area contributed by atoms with Crippen molar-refractivity contribution in [3.05, 3.63) is 82.4 Å². The van der Waals surface area contributed by atoms with Gasteiger partial charge in [0, 0.05) is 18.1 Å². The molecule has 0 fully saturated rings. The molecule has 0 radical (unpaired) electrons. The third-order valence-electron chi connectivity index (χ3n) is 4.42. The number of aromatic nitrogens is 2. The molecule has 0 aliphatic rings. The predicted octanol–water partition coefficient (Wildman–Crippen LogP) is 3.65. The summed E-state index contributed by atoms with van der Waals surface area (Å²) in [4.78, 5) is 29.3. The van der Waals surface area contributed by atoms with Gasteiger partial charge in [0.25, 0.3) is 11.5 Å². The second-order valence-electron chi connectivity index (χ2n) is 7.42. The van der Waals surface area contributed by atoms with Crippen LogP contribution >= 0.6 is 0 Å². The number of alkyl halides is 3. The van der Waals surface area contributed by atoms with Gasteiger partial charge in [-0.1, -0.05) is 12.1 Å². The fraction of sp³-hybridized carbons (Fsp3) is 0.227. The molecule has 1 amide bonds.